The normalized spacial score (nSPS) is 26.6. The molecule has 2 aliphatic heterocycles. The van der Waals surface area contributed by atoms with Crippen molar-refractivity contribution in [1.82, 2.24) is 4.90 Å². The monoisotopic (exact) mass is 296 g/mol. The van der Waals surface area contributed by atoms with Crippen LogP contribution in [0, 0.1) is 0 Å². The highest BCUT2D eigenvalue weighted by Crippen LogP contribution is 2.28. The number of hydrogen-bond donors (Lipinski definition) is 1. The Labute approximate surface area is 123 Å². The lowest BCUT2D eigenvalue weighted by Crippen LogP contribution is -2.42. The van der Waals surface area contributed by atoms with Crippen molar-refractivity contribution in [1.29, 1.82) is 0 Å². The Kier molecular flexibility index (Phi) is 3.76. The molecule has 0 radical (unpaired) electrons. The first-order valence-corrected chi connectivity index (χ1v) is 7.36. The molecule has 3 rings (SSSR count). The smallest absolute Gasteiger partial charge is 0.104 e. The second-order valence-corrected chi connectivity index (χ2v) is 6.17. The second kappa shape index (κ2) is 5.37. The van der Waals surface area contributed by atoms with Crippen LogP contribution < -0.4 is 5.73 Å². The van der Waals surface area contributed by atoms with Gasteiger partial charge in [0.15, 0.2) is 0 Å². The molecule has 0 amide bonds. The lowest BCUT2D eigenvalue weighted by molar-refractivity contribution is -0.0410. The first kappa shape index (κ1) is 13.3. The number of hydrogen-bond acceptors (Lipinski definition) is 3. The van der Waals surface area contributed by atoms with Crippen molar-refractivity contribution in [3.63, 3.8) is 0 Å². The minimum absolute atomic E-state index is 0.387. The van der Waals surface area contributed by atoms with Gasteiger partial charge in [-0.3, -0.25) is 4.90 Å². The zero-order valence-electron chi connectivity index (χ0n) is 10.6. The van der Waals surface area contributed by atoms with Crippen LogP contribution in [0.25, 0.3) is 0 Å². The summed E-state index contributed by atoms with van der Waals surface area (Å²) >= 11 is 11.3. The third-order valence-corrected chi connectivity index (χ3v) is 4.44. The van der Waals surface area contributed by atoms with Gasteiger partial charge in [-0.25, -0.2) is 0 Å². The number of likely N-dealkylation sites (tertiary alicyclic amines) is 1. The van der Waals surface area contributed by atoms with Crippen LogP contribution in [-0.2, 0) is 11.3 Å². The van der Waals surface area contributed by atoms with Crippen LogP contribution in [0.1, 0.15) is 24.0 Å². The number of nitrogens with two attached hydrogens (primary N) is 1. The van der Waals surface area contributed by atoms with Crippen molar-refractivity contribution in [3.8, 4) is 0 Å². The number of ether oxygens (including phenoxy) is 1. The number of rotatable bonds is 3. The molecule has 2 heterocycles. The predicted octanol–water partition coefficient (Wildman–Crippen LogP) is 2.34. The molecular formula is C14H17ClN2OS. The maximum atomic E-state index is 6.31. The summed E-state index contributed by atoms with van der Waals surface area (Å²) in [5.74, 6) is 0. The maximum Gasteiger partial charge on any atom is 0.104 e. The van der Waals surface area contributed by atoms with Gasteiger partial charge in [-0.05, 0) is 24.5 Å². The van der Waals surface area contributed by atoms with E-state index in [9.17, 15) is 0 Å². The average molecular weight is 297 g/mol. The Hall–Kier alpha value is -0.680. The second-order valence-electron chi connectivity index (χ2n) is 5.32. The van der Waals surface area contributed by atoms with E-state index >= 15 is 0 Å². The minimum Gasteiger partial charge on any atom is -0.389 e. The molecule has 0 aromatic heterocycles. The molecule has 1 aromatic carbocycles. The Bertz CT molecular complexity index is 496. The molecule has 5 heteroatoms. The lowest BCUT2D eigenvalue weighted by atomic mass is 10.1. The topological polar surface area (TPSA) is 38.5 Å². The Morgan fingerprint density at radius 3 is 2.63 bits per heavy atom. The van der Waals surface area contributed by atoms with Crippen LogP contribution >= 0.6 is 23.8 Å². The molecule has 2 saturated heterocycles. The highest BCUT2D eigenvalue weighted by molar-refractivity contribution is 7.80. The molecule has 3 nitrogen and oxygen atoms in total. The quantitative estimate of drug-likeness (QED) is 0.869. The maximum absolute atomic E-state index is 6.31. The summed E-state index contributed by atoms with van der Waals surface area (Å²) in [7, 11) is 0. The molecule has 2 atom stereocenters. The number of thiocarbonyl (C=S) groups is 1. The van der Waals surface area contributed by atoms with E-state index in [1.165, 1.54) is 12.8 Å². The van der Waals surface area contributed by atoms with E-state index in [0.717, 1.165) is 35.8 Å². The van der Waals surface area contributed by atoms with E-state index in [-0.39, 0.29) is 0 Å². The summed E-state index contributed by atoms with van der Waals surface area (Å²) in [5, 5.41) is 0.740. The van der Waals surface area contributed by atoms with Gasteiger partial charge >= 0.3 is 0 Å². The van der Waals surface area contributed by atoms with E-state index < -0.39 is 0 Å². The zero-order chi connectivity index (χ0) is 13.4. The van der Waals surface area contributed by atoms with Crippen LogP contribution in [0.4, 0.5) is 0 Å². The molecule has 0 spiro atoms. The van der Waals surface area contributed by atoms with Crippen molar-refractivity contribution in [2.24, 2.45) is 5.73 Å². The molecule has 2 fully saturated rings. The number of fused-ring (bicyclic) bond motifs is 2. The van der Waals surface area contributed by atoms with Crippen molar-refractivity contribution in [2.75, 3.05) is 13.1 Å². The summed E-state index contributed by atoms with van der Waals surface area (Å²) < 4.78 is 5.84. The first-order chi connectivity index (χ1) is 9.11. The number of nitrogens with zero attached hydrogens (tertiary/aromatic N) is 1. The lowest BCUT2D eigenvalue weighted by Gasteiger charge is -2.32. The molecule has 2 unspecified atom stereocenters. The van der Waals surface area contributed by atoms with E-state index in [4.69, 9.17) is 34.3 Å². The van der Waals surface area contributed by atoms with Crippen LogP contribution in [0.15, 0.2) is 18.2 Å². The van der Waals surface area contributed by atoms with Crippen molar-refractivity contribution < 1.29 is 4.74 Å². The SMILES string of the molecule is NC(=S)c1ccc(CN2CC3CCC(C2)O3)c(Cl)c1. The largest absolute Gasteiger partial charge is 0.389 e. The Balaban J connectivity index is 1.71. The van der Waals surface area contributed by atoms with Gasteiger partial charge in [0.05, 0.1) is 12.2 Å². The molecule has 102 valence electrons. The Morgan fingerprint density at radius 1 is 1.37 bits per heavy atom. The molecule has 19 heavy (non-hydrogen) atoms. The van der Waals surface area contributed by atoms with Gasteiger partial charge < -0.3 is 10.5 Å². The third-order valence-electron chi connectivity index (χ3n) is 3.85. The van der Waals surface area contributed by atoms with Gasteiger partial charge in [0, 0.05) is 30.2 Å². The first-order valence-electron chi connectivity index (χ1n) is 6.58. The molecule has 2 bridgehead atoms. The van der Waals surface area contributed by atoms with Crippen molar-refractivity contribution in [2.45, 2.75) is 31.6 Å². The standard InChI is InChI=1S/C14H17ClN2OS/c15-13-5-9(14(16)19)1-2-10(13)6-17-7-11-3-4-12(8-17)18-11/h1-2,5,11-12H,3-4,6-8H2,(H2,16,19). The fraction of sp³-hybridized carbons (Fsp3) is 0.500. The highest BCUT2D eigenvalue weighted by atomic mass is 35.5. The van der Waals surface area contributed by atoms with Crippen molar-refractivity contribution >= 4 is 28.8 Å². The van der Waals surface area contributed by atoms with Gasteiger partial charge in [0.2, 0.25) is 0 Å². The molecule has 2 aliphatic rings. The summed E-state index contributed by atoms with van der Waals surface area (Å²) in [6.07, 6.45) is 3.20. The molecular weight excluding hydrogens is 280 g/mol. The average Bonchev–Trinajstić information content (AvgIpc) is 2.71. The van der Waals surface area contributed by atoms with Crippen LogP contribution in [0.2, 0.25) is 5.02 Å². The van der Waals surface area contributed by atoms with Gasteiger partial charge in [0.1, 0.15) is 4.99 Å². The van der Waals surface area contributed by atoms with Gasteiger partial charge in [0.25, 0.3) is 0 Å². The summed E-state index contributed by atoms with van der Waals surface area (Å²) in [6, 6.07) is 5.82. The summed E-state index contributed by atoms with van der Waals surface area (Å²) in [6.45, 7) is 2.88. The van der Waals surface area contributed by atoms with Crippen LogP contribution in [0.5, 0.6) is 0 Å². The van der Waals surface area contributed by atoms with Crippen molar-refractivity contribution in [3.05, 3.63) is 34.3 Å². The van der Waals surface area contributed by atoms with E-state index in [1.54, 1.807) is 0 Å². The third kappa shape index (κ3) is 2.92. The van der Waals surface area contributed by atoms with Gasteiger partial charge in [-0.2, -0.15) is 0 Å². The number of benzene rings is 1. The molecule has 1 aromatic rings. The number of halogens is 1. The molecule has 2 N–H and O–H groups in total. The van der Waals surface area contributed by atoms with E-state index in [1.807, 2.05) is 18.2 Å². The minimum atomic E-state index is 0.387. The van der Waals surface area contributed by atoms with E-state index in [0.29, 0.717) is 17.2 Å². The number of morpholine rings is 1. The van der Waals surface area contributed by atoms with Gasteiger partial charge in [-0.1, -0.05) is 36.0 Å². The zero-order valence-corrected chi connectivity index (χ0v) is 12.2. The molecule has 0 aliphatic carbocycles. The highest BCUT2D eigenvalue weighted by Gasteiger charge is 2.33. The van der Waals surface area contributed by atoms with E-state index in [2.05, 4.69) is 4.90 Å². The van der Waals surface area contributed by atoms with Gasteiger partial charge in [-0.15, -0.1) is 0 Å². The fourth-order valence-corrected chi connectivity index (χ4v) is 3.27. The Morgan fingerprint density at radius 2 is 2.05 bits per heavy atom. The summed E-state index contributed by atoms with van der Waals surface area (Å²) in [4.78, 5) is 2.81. The van der Waals surface area contributed by atoms with Crippen LogP contribution in [-0.4, -0.2) is 35.2 Å². The van der Waals surface area contributed by atoms with Crippen LogP contribution in [0.3, 0.4) is 0 Å². The fourth-order valence-electron chi connectivity index (χ4n) is 2.90. The molecule has 0 saturated carbocycles. The summed E-state index contributed by atoms with van der Waals surface area (Å²) in [5.41, 5.74) is 7.56. The predicted molar refractivity (Wildman–Crippen MR) is 80.5 cm³/mol.